The summed E-state index contributed by atoms with van der Waals surface area (Å²) in [6.07, 6.45) is 5.16. The van der Waals surface area contributed by atoms with E-state index in [0.29, 0.717) is 5.92 Å². The van der Waals surface area contributed by atoms with Crippen molar-refractivity contribution in [2.45, 2.75) is 19.8 Å². The van der Waals surface area contributed by atoms with Gasteiger partial charge in [0.05, 0.1) is 0 Å². The maximum absolute atomic E-state index is 10.1. The fourth-order valence-electron chi connectivity index (χ4n) is 1.02. The molecule has 8 heavy (non-hydrogen) atoms. The molecule has 0 saturated carbocycles. The van der Waals surface area contributed by atoms with E-state index < -0.39 is 0 Å². The number of hydrogen-bond acceptors (Lipinski definition) is 1. The number of carbonyl (C=O) groups excluding carboxylic acids is 1. The Bertz CT molecular complexity index is 124. The first-order valence-electron chi connectivity index (χ1n) is 2.99. The molecule has 0 fully saturated rings. The molecule has 0 spiro atoms. The van der Waals surface area contributed by atoms with Gasteiger partial charge in [-0.3, -0.25) is 4.79 Å². The molecular formula is C7H10O. The third-order valence-electron chi connectivity index (χ3n) is 1.54. The molecule has 0 unspecified atom stereocenters. The zero-order valence-electron chi connectivity index (χ0n) is 5.05. The highest BCUT2D eigenvalue weighted by molar-refractivity contribution is 5.73. The molecule has 0 heterocycles. The molecule has 0 aromatic carbocycles. The van der Waals surface area contributed by atoms with E-state index in [1.54, 1.807) is 0 Å². The van der Waals surface area contributed by atoms with Crippen molar-refractivity contribution in [3.63, 3.8) is 0 Å². The standard InChI is InChI=1S/C7H10O/c1-6-2-3-7(4-6)5-8/h4-6H,2-3H2,1H3/t6-/m0/s1. The van der Waals surface area contributed by atoms with Crippen LogP contribution in [0, 0.1) is 5.92 Å². The molecule has 0 saturated heterocycles. The zero-order valence-corrected chi connectivity index (χ0v) is 5.05. The Morgan fingerprint density at radius 2 is 2.62 bits per heavy atom. The Morgan fingerprint density at radius 1 is 1.88 bits per heavy atom. The first kappa shape index (κ1) is 5.54. The lowest BCUT2D eigenvalue weighted by molar-refractivity contribution is -0.105. The van der Waals surface area contributed by atoms with Gasteiger partial charge in [0.1, 0.15) is 6.29 Å². The largest absolute Gasteiger partial charge is 0.298 e. The predicted molar refractivity (Wildman–Crippen MR) is 32.5 cm³/mol. The molecule has 1 aliphatic rings. The smallest absolute Gasteiger partial charge is 0.145 e. The van der Waals surface area contributed by atoms with E-state index in [1.807, 2.05) is 6.08 Å². The Labute approximate surface area is 49.4 Å². The fraction of sp³-hybridized carbons (Fsp3) is 0.571. The quantitative estimate of drug-likeness (QED) is 0.468. The van der Waals surface area contributed by atoms with Crippen molar-refractivity contribution in [2.75, 3.05) is 0 Å². The van der Waals surface area contributed by atoms with E-state index in [-0.39, 0.29) is 0 Å². The molecule has 0 aromatic heterocycles. The maximum Gasteiger partial charge on any atom is 0.145 e. The van der Waals surface area contributed by atoms with Gasteiger partial charge in [0.15, 0.2) is 0 Å². The van der Waals surface area contributed by atoms with Crippen LogP contribution in [0.3, 0.4) is 0 Å². The molecule has 1 aliphatic carbocycles. The van der Waals surface area contributed by atoms with Crippen molar-refractivity contribution in [3.05, 3.63) is 11.6 Å². The minimum Gasteiger partial charge on any atom is -0.298 e. The molecule has 1 nitrogen and oxygen atoms in total. The summed E-state index contributed by atoms with van der Waals surface area (Å²) in [5.74, 6) is 0.634. The number of carbonyl (C=O) groups is 1. The van der Waals surface area contributed by atoms with Crippen LogP contribution in [-0.2, 0) is 4.79 Å². The molecule has 1 heteroatoms. The lowest BCUT2D eigenvalue weighted by Gasteiger charge is -1.89. The van der Waals surface area contributed by atoms with E-state index >= 15 is 0 Å². The van der Waals surface area contributed by atoms with Gasteiger partial charge >= 0.3 is 0 Å². The predicted octanol–water partition coefficient (Wildman–Crippen LogP) is 1.54. The zero-order chi connectivity index (χ0) is 5.98. The number of allylic oxidation sites excluding steroid dienone is 2. The van der Waals surface area contributed by atoms with Crippen LogP contribution in [0.4, 0.5) is 0 Å². The molecule has 0 amide bonds. The van der Waals surface area contributed by atoms with Crippen LogP contribution in [0.5, 0.6) is 0 Å². The lowest BCUT2D eigenvalue weighted by Crippen LogP contribution is -1.77. The molecule has 0 bridgehead atoms. The van der Waals surface area contributed by atoms with Crippen LogP contribution < -0.4 is 0 Å². The van der Waals surface area contributed by atoms with Gasteiger partial charge in [0, 0.05) is 0 Å². The highest BCUT2D eigenvalue weighted by atomic mass is 16.1. The summed E-state index contributed by atoms with van der Waals surface area (Å²) in [5, 5.41) is 0. The summed E-state index contributed by atoms with van der Waals surface area (Å²) in [6, 6.07) is 0. The van der Waals surface area contributed by atoms with Crippen molar-refractivity contribution in [1.29, 1.82) is 0 Å². The van der Waals surface area contributed by atoms with Crippen molar-refractivity contribution < 1.29 is 4.79 Å². The Balaban J connectivity index is 2.56. The van der Waals surface area contributed by atoms with E-state index in [0.717, 1.165) is 24.7 Å². The van der Waals surface area contributed by atoms with Crippen LogP contribution in [-0.4, -0.2) is 6.29 Å². The van der Waals surface area contributed by atoms with Crippen molar-refractivity contribution in [1.82, 2.24) is 0 Å². The van der Waals surface area contributed by atoms with Gasteiger partial charge < -0.3 is 0 Å². The topological polar surface area (TPSA) is 17.1 Å². The maximum atomic E-state index is 10.1. The van der Waals surface area contributed by atoms with Gasteiger partial charge in [-0.05, 0) is 24.3 Å². The molecule has 44 valence electrons. The number of rotatable bonds is 1. The van der Waals surface area contributed by atoms with E-state index in [2.05, 4.69) is 6.92 Å². The van der Waals surface area contributed by atoms with Gasteiger partial charge in [0.25, 0.3) is 0 Å². The Kier molecular flexibility index (Phi) is 1.47. The monoisotopic (exact) mass is 110 g/mol. The normalized spacial score (nSPS) is 27.6. The highest BCUT2D eigenvalue weighted by Gasteiger charge is 2.08. The van der Waals surface area contributed by atoms with Crippen LogP contribution in [0.15, 0.2) is 11.6 Å². The second kappa shape index (κ2) is 2.12. The molecule has 1 atom stereocenters. The van der Waals surface area contributed by atoms with E-state index in [4.69, 9.17) is 0 Å². The average Bonchev–Trinajstić information content (AvgIpc) is 2.14. The van der Waals surface area contributed by atoms with Crippen molar-refractivity contribution in [2.24, 2.45) is 5.92 Å². The summed E-state index contributed by atoms with van der Waals surface area (Å²) >= 11 is 0. The molecule has 0 N–H and O–H groups in total. The third-order valence-corrected chi connectivity index (χ3v) is 1.54. The minimum absolute atomic E-state index is 0.634. The first-order chi connectivity index (χ1) is 3.83. The molecule has 0 aromatic rings. The van der Waals surface area contributed by atoms with E-state index in [9.17, 15) is 4.79 Å². The number of hydrogen-bond donors (Lipinski definition) is 0. The molecular weight excluding hydrogens is 100 g/mol. The molecule has 1 rings (SSSR count). The van der Waals surface area contributed by atoms with Gasteiger partial charge in [-0.15, -0.1) is 0 Å². The summed E-state index contributed by atoms with van der Waals surface area (Å²) in [6.45, 7) is 2.14. The fourth-order valence-corrected chi connectivity index (χ4v) is 1.02. The Hall–Kier alpha value is -0.590. The summed E-state index contributed by atoms with van der Waals surface area (Å²) in [7, 11) is 0. The molecule has 0 radical (unpaired) electrons. The van der Waals surface area contributed by atoms with Crippen LogP contribution in [0.25, 0.3) is 0 Å². The Morgan fingerprint density at radius 3 is 2.88 bits per heavy atom. The summed E-state index contributed by atoms with van der Waals surface area (Å²) in [5.41, 5.74) is 0.984. The third kappa shape index (κ3) is 0.971. The van der Waals surface area contributed by atoms with Crippen molar-refractivity contribution in [3.8, 4) is 0 Å². The average molecular weight is 110 g/mol. The number of aldehydes is 1. The molecule has 0 aliphatic heterocycles. The van der Waals surface area contributed by atoms with Gasteiger partial charge in [0.2, 0.25) is 0 Å². The van der Waals surface area contributed by atoms with Crippen LogP contribution in [0.1, 0.15) is 19.8 Å². The van der Waals surface area contributed by atoms with E-state index in [1.165, 1.54) is 0 Å². The highest BCUT2D eigenvalue weighted by Crippen LogP contribution is 2.21. The van der Waals surface area contributed by atoms with Crippen LogP contribution in [0.2, 0.25) is 0 Å². The second-order valence-electron chi connectivity index (χ2n) is 2.38. The first-order valence-corrected chi connectivity index (χ1v) is 2.99. The lowest BCUT2D eigenvalue weighted by atomic mass is 10.2. The van der Waals surface area contributed by atoms with Gasteiger partial charge in [-0.2, -0.15) is 0 Å². The van der Waals surface area contributed by atoms with Crippen LogP contribution >= 0.6 is 0 Å². The SMILES string of the molecule is C[C@@H]1C=C(C=O)CC1. The minimum atomic E-state index is 0.634. The summed E-state index contributed by atoms with van der Waals surface area (Å²) in [4.78, 5) is 10.1. The second-order valence-corrected chi connectivity index (χ2v) is 2.38. The summed E-state index contributed by atoms with van der Waals surface area (Å²) < 4.78 is 0. The van der Waals surface area contributed by atoms with Gasteiger partial charge in [-0.1, -0.05) is 13.0 Å². The van der Waals surface area contributed by atoms with Crippen molar-refractivity contribution >= 4 is 6.29 Å². The van der Waals surface area contributed by atoms with Gasteiger partial charge in [-0.25, -0.2) is 0 Å².